The zero-order chi connectivity index (χ0) is 12.6. The average molecular weight is 247 g/mol. The lowest BCUT2D eigenvalue weighted by molar-refractivity contribution is -0.0397. The monoisotopic (exact) mass is 247 g/mol. The fourth-order valence-corrected chi connectivity index (χ4v) is 1.70. The molecule has 1 aliphatic rings. The third-order valence-electron chi connectivity index (χ3n) is 2.54. The van der Waals surface area contributed by atoms with Crippen LogP contribution in [0.1, 0.15) is 12.6 Å². The summed E-state index contributed by atoms with van der Waals surface area (Å²) in [7, 11) is 0. The standard InChI is InChI=1S/C9H11F2N3O3/c10-5-1-4(3-15)17-8(5)14-2-6(11)7(12)13-9(14)16/h2,4-5,8,15H,1,3H2,(H2,12,13,16)/t4-,5-,8?/m0/s1. The van der Waals surface area contributed by atoms with Gasteiger partial charge in [-0.05, 0) is 0 Å². The summed E-state index contributed by atoms with van der Waals surface area (Å²) < 4.78 is 32.5. The molecule has 0 amide bonds. The molecule has 1 aliphatic heterocycles. The van der Waals surface area contributed by atoms with Gasteiger partial charge in [-0.15, -0.1) is 0 Å². The van der Waals surface area contributed by atoms with Gasteiger partial charge in [0.05, 0.1) is 18.9 Å². The maximum atomic E-state index is 13.5. The van der Waals surface area contributed by atoms with E-state index in [2.05, 4.69) is 4.98 Å². The van der Waals surface area contributed by atoms with Crippen molar-refractivity contribution < 1.29 is 18.6 Å². The summed E-state index contributed by atoms with van der Waals surface area (Å²) in [6.45, 7) is -0.365. The first-order valence-corrected chi connectivity index (χ1v) is 4.97. The summed E-state index contributed by atoms with van der Waals surface area (Å²) in [6.07, 6.45) is -2.79. The van der Waals surface area contributed by atoms with Gasteiger partial charge in [-0.3, -0.25) is 4.57 Å². The van der Waals surface area contributed by atoms with Crippen molar-refractivity contribution in [2.45, 2.75) is 24.9 Å². The first-order chi connectivity index (χ1) is 8.02. The van der Waals surface area contributed by atoms with Crippen molar-refractivity contribution in [1.29, 1.82) is 0 Å². The van der Waals surface area contributed by atoms with E-state index in [4.69, 9.17) is 15.6 Å². The summed E-state index contributed by atoms with van der Waals surface area (Å²) in [5.74, 6) is -1.47. The predicted octanol–water partition coefficient (Wildman–Crippen LogP) is -0.417. The fraction of sp³-hybridized carbons (Fsp3) is 0.556. The number of nitrogen functional groups attached to an aromatic ring is 1. The molecule has 94 valence electrons. The Kier molecular flexibility index (Phi) is 3.07. The highest BCUT2D eigenvalue weighted by Gasteiger charge is 2.37. The second-order valence-corrected chi connectivity index (χ2v) is 3.75. The second kappa shape index (κ2) is 4.38. The highest BCUT2D eigenvalue weighted by atomic mass is 19.1. The predicted molar refractivity (Wildman–Crippen MR) is 53.4 cm³/mol. The summed E-state index contributed by atoms with van der Waals surface area (Å²) in [4.78, 5) is 14.6. The van der Waals surface area contributed by atoms with Crippen molar-refractivity contribution in [2.75, 3.05) is 12.3 Å². The first kappa shape index (κ1) is 11.9. The van der Waals surface area contributed by atoms with E-state index in [-0.39, 0.29) is 13.0 Å². The van der Waals surface area contributed by atoms with Crippen LogP contribution in [0.15, 0.2) is 11.0 Å². The van der Waals surface area contributed by atoms with E-state index in [9.17, 15) is 13.6 Å². The van der Waals surface area contributed by atoms with Crippen LogP contribution in [-0.2, 0) is 4.74 Å². The Bertz CT molecular complexity index is 479. The molecule has 1 saturated heterocycles. The minimum Gasteiger partial charge on any atom is -0.394 e. The second-order valence-electron chi connectivity index (χ2n) is 3.75. The summed E-state index contributed by atoms with van der Waals surface area (Å²) in [5.41, 5.74) is 4.21. The van der Waals surface area contributed by atoms with E-state index in [0.717, 1.165) is 6.20 Å². The highest BCUT2D eigenvalue weighted by molar-refractivity contribution is 5.26. The number of hydrogen-bond acceptors (Lipinski definition) is 5. The molecule has 0 bridgehead atoms. The molecule has 0 saturated carbocycles. The fourth-order valence-electron chi connectivity index (χ4n) is 1.70. The summed E-state index contributed by atoms with van der Waals surface area (Å²) in [5, 5.41) is 8.83. The minimum absolute atomic E-state index is 0.0560. The van der Waals surface area contributed by atoms with Crippen molar-refractivity contribution >= 4 is 5.82 Å². The van der Waals surface area contributed by atoms with Gasteiger partial charge >= 0.3 is 5.69 Å². The Hall–Kier alpha value is -1.54. The van der Waals surface area contributed by atoms with E-state index < -0.39 is 35.8 Å². The average Bonchev–Trinajstić information content (AvgIpc) is 2.65. The number of nitrogens with zero attached hydrogens (tertiary/aromatic N) is 2. The van der Waals surface area contributed by atoms with Crippen molar-refractivity contribution in [3.05, 3.63) is 22.5 Å². The highest BCUT2D eigenvalue weighted by Crippen LogP contribution is 2.30. The minimum atomic E-state index is -1.50. The molecule has 3 N–H and O–H groups in total. The smallest absolute Gasteiger partial charge is 0.351 e. The van der Waals surface area contributed by atoms with Gasteiger partial charge in [0.1, 0.15) is 6.17 Å². The van der Waals surface area contributed by atoms with Crippen molar-refractivity contribution in [3.63, 3.8) is 0 Å². The number of nitrogens with two attached hydrogens (primary N) is 1. The van der Waals surface area contributed by atoms with Gasteiger partial charge in [0.2, 0.25) is 0 Å². The lowest BCUT2D eigenvalue weighted by atomic mass is 10.2. The Balaban J connectivity index is 2.35. The lowest BCUT2D eigenvalue weighted by Crippen LogP contribution is -2.31. The molecule has 0 spiro atoms. The molecule has 1 fully saturated rings. The maximum Gasteiger partial charge on any atom is 0.351 e. The molecule has 0 aromatic carbocycles. The number of anilines is 1. The van der Waals surface area contributed by atoms with Gasteiger partial charge in [0.25, 0.3) is 0 Å². The van der Waals surface area contributed by atoms with Crippen molar-refractivity contribution in [2.24, 2.45) is 0 Å². The van der Waals surface area contributed by atoms with Gasteiger partial charge in [-0.1, -0.05) is 0 Å². The lowest BCUT2D eigenvalue weighted by Gasteiger charge is -2.16. The molecule has 1 aromatic heterocycles. The largest absolute Gasteiger partial charge is 0.394 e. The van der Waals surface area contributed by atoms with Gasteiger partial charge < -0.3 is 15.6 Å². The molecule has 17 heavy (non-hydrogen) atoms. The topological polar surface area (TPSA) is 90.4 Å². The van der Waals surface area contributed by atoms with Crippen LogP contribution in [0.3, 0.4) is 0 Å². The Labute approximate surface area is 94.6 Å². The number of aliphatic hydroxyl groups is 1. The Morgan fingerprint density at radius 3 is 3.00 bits per heavy atom. The molecule has 6 nitrogen and oxygen atoms in total. The molecular weight excluding hydrogens is 236 g/mol. The number of hydrogen-bond donors (Lipinski definition) is 2. The van der Waals surface area contributed by atoms with Crippen LogP contribution in [0.4, 0.5) is 14.6 Å². The van der Waals surface area contributed by atoms with E-state index in [1.807, 2.05) is 0 Å². The molecule has 0 radical (unpaired) electrons. The Morgan fingerprint density at radius 1 is 1.71 bits per heavy atom. The maximum absolute atomic E-state index is 13.5. The molecular formula is C9H11F2N3O3. The zero-order valence-corrected chi connectivity index (χ0v) is 8.72. The Morgan fingerprint density at radius 2 is 2.41 bits per heavy atom. The van der Waals surface area contributed by atoms with Gasteiger partial charge in [0, 0.05) is 6.42 Å². The van der Waals surface area contributed by atoms with Gasteiger partial charge in [-0.2, -0.15) is 4.98 Å². The molecule has 2 heterocycles. The quantitative estimate of drug-likeness (QED) is 0.741. The third kappa shape index (κ3) is 2.13. The van der Waals surface area contributed by atoms with E-state index in [1.54, 1.807) is 0 Å². The number of ether oxygens (including phenoxy) is 1. The number of rotatable bonds is 2. The van der Waals surface area contributed by atoms with Crippen LogP contribution in [0.25, 0.3) is 0 Å². The number of aliphatic hydroxyl groups excluding tert-OH is 1. The molecule has 0 aliphatic carbocycles. The number of alkyl halides is 1. The first-order valence-electron chi connectivity index (χ1n) is 4.97. The van der Waals surface area contributed by atoms with Crippen LogP contribution in [0.2, 0.25) is 0 Å². The molecule has 1 aromatic rings. The normalized spacial score (nSPS) is 28.5. The molecule has 1 unspecified atom stereocenters. The van der Waals surface area contributed by atoms with Crippen LogP contribution in [-0.4, -0.2) is 33.5 Å². The van der Waals surface area contributed by atoms with Crippen LogP contribution < -0.4 is 11.4 Å². The van der Waals surface area contributed by atoms with Gasteiger partial charge in [0.15, 0.2) is 17.9 Å². The van der Waals surface area contributed by atoms with E-state index >= 15 is 0 Å². The summed E-state index contributed by atoms with van der Waals surface area (Å²) >= 11 is 0. The molecule has 3 atom stereocenters. The van der Waals surface area contributed by atoms with Crippen molar-refractivity contribution in [3.8, 4) is 0 Å². The van der Waals surface area contributed by atoms with Gasteiger partial charge in [-0.25, -0.2) is 13.6 Å². The molecule has 2 rings (SSSR count). The van der Waals surface area contributed by atoms with E-state index in [0.29, 0.717) is 4.57 Å². The van der Waals surface area contributed by atoms with Crippen LogP contribution in [0.5, 0.6) is 0 Å². The van der Waals surface area contributed by atoms with E-state index in [1.165, 1.54) is 0 Å². The zero-order valence-electron chi connectivity index (χ0n) is 8.72. The third-order valence-corrected chi connectivity index (χ3v) is 2.54. The number of aromatic nitrogens is 2. The SMILES string of the molecule is Nc1nc(=O)n(C2O[C@H](CO)C[C@@H]2F)cc1F. The number of halogens is 2. The summed E-state index contributed by atoms with van der Waals surface area (Å²) in [6, 6.07) is 0. The van der Waals surface area contributed by atoms with Crippen LogP contribution in [0, 0.1) is 5.82 Å². The molecule has 8 heteroatoms. The van der Waals surface area contributed by atoms with Crippen LogP contribution >= 0.6 is 0 Å². The van der Waals surface area contributed by atoms with Crippen molar-refractivity contribution in [1.82, 2.24) is 9.55 Å².